The van der Waals surface area contributed by atoms with Gasteiger partial charge in [-0.2, -0.15) is 13.2 Å². The van der Waals surface area contributed by atoms with Crippen LogP contribution in [0, 0.1) is 6.92 Å². The third-order valence-electron chi connectivity index (χ3n) is 5.68. The molecule has 35 heavy (non-hydrogen) atoms. The number of alkyl halides is 3. The van der Waals surface area contributed by atoms with E-state index in [1.807, 2.05) is 30.5 Å². The van der Waals surface area contributed by atoms with Gasteiger partial charge in [-0.1, -0.05) is 22.0 Å². The Bertz CT molecular complexity index is 1200. The van der Waals surface area contributed by atoms with Gasteiger partial charge in [0.2, 0.25) is 5.91 Å². The summed E-state index contributed by atoms with van der Waals surface area (Å²) < 4.78 is 32.7. The van der Waals surface area contributed by atoms with Crippen LogP contribution in [0.15, 0.2) is 47.1 Å². The predicted molar refractivity (Wildman–Crippen MR) is 133 cm³/mol. The number of aromatic amines is 1. The van der Waals surface area contributed by atoms with Crippen LogP contribution < -0.4 is 10.2 Å². The molecule has 1 saturated heterocycles. The van der Waals surface area contributed by atoms with Crippen molar-refractivity contribution in [2.24, 2.45) is 0 Å². The van der Waals surface area contributed by atoms with Crippen LogP contribution in [0.5, 0.6) is 0 Å². The molecule has 0 aliphatic carbocycles. The number of halogens is 4. The zero-order valence-corrected chi connectivity index (χ0v) is 20.8. The summed E-state index contributed by atoms with van der Waals surface area (Å²) >= 11 is 3.59. The largest absolute Gasteiger partial charge is 0.490 e. The molecule has 188 valence electrons. The highest BCUT2D eigenvalue weighted by Crippen LogP contribution is 2.28. The molecular weight excluding hydrogens is 529 g/mol. The van der Waals surface area contributed by atoms with Crippen LogP contribution >= 0.6 is 15.9 Å². The average Bonchev–Trinajstić information content (AvgIpc) is 3.19. The first kappa shape index (κ1) is 26.6. The van der Waals surface area contributed by atoms with E-state index >= 15 is 0 Å². The van der Waals surface area contributed by atoms with Crippen molar-refractivity contribution < 1.29 is 27.9 Å². The minimum atomic E-state index is -5.08. The number of likely N-dealkylation sites (N-methyl/N-ethyl adjacent to an activating group) is 1. The molecule has 11 heteroatoms. The van der Waals surface area contributed by atoms with Gasteiger partial charge in [0.25, 0.3) is 0 Å². The second kappa shape index (κ2) is 11.1. The molecule has 0 bridgehead atoms. The normalized spacial score (nSPS) is 14.4. The molecule has 0 unspecified atom stereocenters. The predicted octanol–water partition coefficient (Wildman–Crippen LogP) is 4.81. The number of benzene rings is 2. The van der Waals surface area contributed by atoms with Crippen LogP contribution in [-0.2, 0) is 16.0 Å². The Labute approximate surface area is 209 Å². The molecule has 4 rings (SSSR count). The maximum atomic E-state index is 12.7. The first-order chi connectivity index (χ1) is 16.5. The number of rotatable bonds is 4. The van der Waals surface area contributed by atoms with Crippen molar-refractivity contribution >= 4 is 50.1 Å². The minimum absolute atomic E-state index is 0.00731. The molecule has 1 aromatic heterocycles. The van der Waals surface area contributed by atoms with E-state index < -0.39 is 12.1 Å². The van der Waals surface area contributed by atoms with Gasteiger partial charge in [-0.15, -0.1) is 0 Å². The third-order valence-corrected chi connectivity index (χ3v) is 6.34. The Morgan fingerprint density at radius 1 is 1.14 bits per heavy atom. The van der Waals surface area contributed by atoms with Crippen molar-refractivity contribution in [2.75, 3.05) is 43.4 Å². The summed E-state index contributed by atoms with van der Waals surface area (Å²) in [5.41, 5.74) is 5.22. The molecule has 3 aromatic rings. The van der Waals surface area contributed by atoms with Crippen LogP contribution in [0.25, 0.3) is 10.9 Å². The highest BCUT2D eigenvalue weighted by atomic mass is 79.9. The van der Waals surface area contributed by atoms with E-state index in [1.165, 1.54) is 5.69 Å². The van der Waals surface area contributed by atoms with Gasteiger partial charge in [-0.05, 0) is 55.4 Å². The van der Waals surface area contributed by atoms with E-state index in [1.54, 1.807) is 0 Å². The Morgan fingerprint density at radius 2 is 1.80 bits per heavy atom. The summed E-state index contributed by atoms with van der Waals surface area (Å²) in [5, 5.41) is 11.3. The number of nitrogens with one attached hydrogen (secondary N) is 2. The van der Waals surface area contributed by atoms with Crippen LogP contribution in [0.3, 0.4) is 0 Å². The fraction of sp³-hybridized carbons (Fsp3) is 0.333. The summed E-state index contributed by atoms with van der Waals surface area (Å²) in [4.78, 5) is 29.5. The summed E-state index contributed by atoms with van der Waals surface area (Å²) in [6.45, 7) is 6.29. The zero-order chi connectivity index (χ0) is 25.8. The maximum Gasteiger partial charge on any atom is 0.490 e. The molecular formula is C24H26BrF3N4O3. The number of hydrogen-bond donors (Lipinski definition) is 3. The molecule has 0 saturated carbocycles. The fourth-order valence-electron chi connectivity index (χ4n) is 3.76. The molecule has 1 amide bonds. The van der Waals surface area contributed by atoms with Gasteiger partial charge in [0.05, 0.1) is 6.42 Å². The number of aliphatic carboxylic acids is 1. The monoisotopic (exact) mass is 554 g/mol. The number of aryl methyl sites for hydroxylation is 1. The van der Waals surface area contributed by atoms with Gasteiger partial charge in [-0.25, -0.2) is 4.79 Å². The van der Waals surface area contributed by atoms with E-state index in [4.69, 9.17) is 9.90 Å². The summed E-state index contributed by atoms with van der Waals surface area (Å²) in [5.74, 6) is -2.76. The molecule has 0 radical (unpaired) electrons. The van der Waals surface area contributed by atoms with Gasteiger partial charge in [0.15, 0.2) is 0 Å². The van der Waals surface area contributed by atoms with E-state index in [0.29, 0.717) is 6.42 Å². The SMILES string of the molecule is Cc1cc(N2CCN(C)CC2)ccc1NC(=O)Cc1c[nH]c2cccc(Br)c12.O=C(O)C(F)(F)F. The first-order valence-corrected chi connectivity index (χ1v) is 11.6. The standard InChI is InChI=1S/C22H25BrN4O.C2HF3O2/c1-15-12-17(27-10-8-26(2)9-11-27)6-7-19(15)25-21(28)13-16-14-24-20-5-3-4-18(23)22(16)20;3-2(4,5)1(6)7/h3-7,12,14,24H,8-11,13H2,1-2H3,(H,25,28);(H,6,7). The van der Waals surface area contributed by atoms with Crippen molar-refractivity contribution in [3.8, 4) is 0 Å². The van der Waals surface area contributed by atoms with Gasteiger partial charge >= 0.3 is 12.1 Å². The number of piperazine rings is 1. The number of carbonyl (C=O) groups excluding carboxylic acids is 1. The Morgan fingerprint density at radius 3 is 2.40 bits per heavy atom. The van der Waals surface area contributed by atoms with Gasteiger partial charge in [0.1, 0.15) is 0 Å². The molecule has 1 aliphatic rings. The van der Waals surface area contributed by atoms with Gasteiger partial charge in [0, 0.05) is 59.1 Å². The third kappa shape index (κ3) is 6.98. The zero-order valence-electron chi connectivity index (χ0n) is 19.2. The molecule has 2 heterocycles. The summed E-state index contributed by atoms with van der Waals surface area (Å²) in [6.07, 6.45) is -2.83. The molecule has 1 aliphatic heterocycles. The lowest BCUT2D eigenvalue weighted by molar-refractivity contribution is -0.192. The smallest absolute Gasteiger partial charge is 0.475 e. The van der Waals surface area contributed by atoms with Crippen molar-refractivity contribution in [3.05, 3.63) is 58.2 Å². The summed E-state index contributed by atoms with van der Waals surface area (Å²) in [7, 11) is 2.16. The van der Waals surface area contributed by atoms with Crippen molar-refractivity contribution in [3.63, 3.8) is 0 Å². The minimum Gasteiger partial charge on any atom is -0.475 e. The molecule has 3 N–H and O–H groups in total. The van der Waals surface area contributed by atoms with Crippen LogP contribution in [0.4, 0.5) is 24.5 Å². The maximum absolute atomic E-state index is 12.7. The molecule has 0 spiro atoms. The van der Waals surface area contributed by atoms with E-state index in [-0.39, 0.29) is 5.91 Å². The van der Waals surface area contributed by atoms with Crippen LogP contribution in [0.1, 0.15) is 11.1 Å². The number of amides is 1. The number of carboxylic acids is 1. The number of aromatic nitrogens is 1. The number of fused-ring (bicyclic) bond motifs is 1. The lowest BCUT2D eigenvalue weighted by Crippen LogP contribution is -2.44. The Kier molecular flexibility index (Phi) is 8.44. The summed E-state index contributed by atoms with van der Waals surface area (Å²) in [6, 6.07) is 12.3. The number of anilines is 2. The Hall–Kier alpha value is -3.05. The molecule has 0 atom stereocenters. The van der Waals surface area contributed by atoms with Gasteiger partial charge in [-0.3, -0.25) is 4.79 Å². The van der Waals surface area contributed by atoms with Gasteiger partial charge < -0.3 is 25.2 Å². The second-order valence-corrected chi connectivity index (χ2v) is 9.15. The van der Waals surface area contributed by atoms with Crippen molar-refractivity contribution in [1.29, 1.82) is 0 Å². The number of H-pyrrole nitrogens is 1. The molecule has 7 nitrogen and oxygen atoms in total. The van der Waals surface area contributed by atoms with E-state index in [0.717, 1.165) is 58.4 Å². The first-order valence-electron chi connectivity index (χ1n) is 10.8. The number of carboxylic acid groups (broad SMARTS) is 1. The van der Waals surface area contributed by atoms with Crippen molar-refractivity contribution in [2.45, 2.75) is 19.5 Å². The van der Waals surface area contributed by atoms with Crippen molar-refractivity contribution in [1.82, 2.24) is 9.88 Å². The second-order valence-electron chi connectivity index (χ2n) is 8.29. The number of nitrogens with zero attached hydrogens (tertiary/aromatic N) is 2. The topological polar surface area (TPSA) is 88.7 Å². The fourth-order valence-corrected chi connectivity index (χ4v) is 4.38. The van der Waals surface area contributed by atoms with E-state index in [2.05, 4.69) is 62.1 Å². The lowest BCUT2D eigenvalue weighted by Gasteiger charge is -2.34. The molecule has 1 fully saturated rings. The highest BCUT2D eigenvalue weighted by Gasteiger charge is 2.38. The highest BCUT2D eigenvalue weighted by molar-refractivity contribution is 9.10. The molecule has 2 aromatic carbocycles. The lowest BCUT2D eigenvalue weighted by atomic mass is 10.1. The number of carbonyl (C=O) groups is 2. The Balaban J connectivity index is 0.000000429. The van der Waals surface area contributed by atoms with Crippen LogP contribution in [0.2, 0.25) is 0 Å². The van der Waals surface area contributed by atoms with Crippen LogP contribution in [-0.4, -0.2) is 66.3 Å². The van der Waals surface area contributed by atoms with E-state index in [9.17, 15) is 18.0 Å². The average molecular weight is 555 g/mol. The number of hydrogen-bond acceptors (Lipinski definition) is 4. The quantitative estimate of drug-likeness (QED) is 0.431.